The maximum Gasteiger partial charge on any atom is 0.306 e. The van der Waals surface area contributed by atoms with Crippen LogP contribution in [0.3, 0.4) is 0 Å². The van der Waals surface area contributed by atoms with Crippen molar-refractivity contribution >= 4 is 17.8 Å². The number of hydrogen-bond acceptors (Lipinski definition) is 8. The molecule has 0 aliphatic carbocycles. The molecule has 2 atom stereocenters. The number of primary amides is 1. The fourth-order valence-corrected chi connectivity index (χ4v) is 6.57. The van der Waals surface area contributed by atoms with E-state index >= 15 is 0 Å². The number of unbranched alkanes of at least 4 members (excludes halogenated alkanes) is 22. The Bertz CT molecular complexity index is 937. The van der Waals surface area contributed by atoms with E-state index in [2.05, 4.69) is 48.8 Å². The molecule has 2 unspecified atom stereocenters. The number of nitrogens with two attached hydrogens (primary N) is 1. The number of rotatable bonds is 42. The molecular formula is C46H87N3O6. The molecule has 0 aliphatic rings. The number of ether oxygens (including phenoxy) is 3. The molecule has 0 spiro atoms. The lowest BCUT2D eigenvalue weighted by molar-refractivity contribution is -0.172. The van der Waals surface area contributed by atoms with Gasteiger partial charge in [-0.25, -0.2) is 0 Å². The zero-order valence-electron chi connectivity index (χ0n) is 36.2. The molecule has 0 aromatic carbocycles. The Hall–Kier alpha value is -2.23. The molecule has 0 saturated heterocycles. The van der Waals surface area contributed by atoms with E-state index in [4.69, 9.17) is 19.9 Å². The largest absolute Gasteiger partial charge is 0.463 e. The van der Waals surface area contributed by atoms with Crippen molar-refractivity contribution in [3.8, 4) is 0 Å². The number of hydrogen-bond donors (Lipinski definition) is 3. The molecule has 0 heterocycles. The zero-order valence-corrected chi connectivity index (χ0v) is 36.2. The number of nitrogens with one attached hydrogen (secondary N) is 2. The average Bonchev–Trinajstić information content (AvgIpc) is 3.17. The number of likely N-dealkylation sites (N-methyl/N-ethyl adjacent to an activating group) is 2. The summed E-state index contributed by atoms with van der Waals surface area (Å²) in [4.78, 5) is 38.0. The molecule has 1 amide bonds. The van der Waals surface area contributed by atoms with Crippen LogP contribution in [0, 0.1) is 0 Å². The van der Waals surface area contributed by atoms with Crippen molar-refractivity contribution in [1.29, 1.82) is 0 Å². The van der Waals surface area contributed by atoms with E-state index in [-0.39, 0.29) is 31.8 Å². The van der Waals surface area contributed by atoms with E-state index < -0.39 is 24.1 Å². The third-order valence-electron chi connectivity index (χ3n) is 9.95. The van der Waals surface area contributed by atoms with Gasteiger partial charge in [-0.15, -0.1) is 0 Å². The fraction of sp³-hybridized carbons (Fsp3) is 0.848. The zero-order chi connectivity index (χ0) is 40.5. The quantitative estimate of drug-likeness (QED) is 0.0242. The van der Waals surface area contributed by atoms with Gasteiger partial charge in [-0.3, -0.25) is 14.4 Å². The van der Waals surface area contributed by atoms with Crippen LogP contribution in [0.2, 0.25) is 0 Å². The van der Waals surface area contributed by atoms with Gasteiger partial charge in [0.15, 0.2) is 0 Å². The molecule has 0 aliphatic heterocycles. The summed E-state index contributed by atoms with van der Waals surface area (Å²) < 4.78 is 17.2. The first-order chi connectivity index (χ1) is 26.9. The third kappa shape index (κ3) is 35.9. The highest BCUT2D eigenvalue weighted by molar-refractivity contribution is 5.83. The van der Waals surface area contributed by atoms with Gasteiger partial charge in [-0.1, -0.05) is 155 Å². The minimum Gasteiger partial charge on any atom is -0.463 e. The Labute approximate surface area is 338 Å². The topological polar surface area (TPSA) is 129 Å². The van der Waals surface area contributed by atoms with E-state index in [1.165, 1.54) is 96.3 Å². The second-order valence-electron chi connectivity index (χ2n) is 15.2. The lowest BCUT2D eigenvalue weighted by Gasteiger charge is -2.27. The normalized spacial score (nSPS) is 12.9. The molecule has 9 nitrogen and oxygen atoms in total. The molecule has 0 rings (SSSR count). The van der Waals surface area contributed by atoms with Crippen LogP contribution in [0.15, 0.2) is 24.3 Å². The summed E-state index contributed by atoms with van der Waals surface area (Å²) in [5.41, 5.74) is 5.72. The molecule has 9 heteroatoms. The van der Waals surface area contributed by atoms with Gasteiger partial charge in [-0.2, -0.15) is 0 Å². The van der Waals surface area contributed by atoms with Crippen LogP contribution in [0.1, 0.15) is 207 Å². The molecule has 0 fully saturated rings. The van der Waals surface area contributed by atoms with Gasteiger partial charge in [0.05, 0.1) is 12.8 Å². The predicted molar refractivity (Wildman–Crippen MR) is 230 cm³/mol. The average molecular weight is 778 g/mol. The fourth-order valence-electron chi connectivity index (χ4n) is 6.57. The van der Waals surface area contributed by atoms with E-state index in [1.54, 1.807) is 0 Å². The molecule has 0 bridgehead atoms. The van der Waals surface area contributed by atoms with Gasteiger partial charge in [0.25, 0.3) is 5.91 Å². The standard InChI is InChI=1S/C46H87N3O6/c1-5-9-11-13-15-17-19-21-23-25-27-29-31-33-35-37-43(50)54-39-41(53-40-42(48-7-3)49-8-4)45(46(47)52)55-44(51)38-36-34-32-30-28-26-24-22-20-18-16-14-12-10-6-2/h21-24,41-42,45,48-49H,5-20,25-40H2,1-4H3,(H2,47,52)/b23-21-,24-22-. The van der Waals surface area contributed by atoms with Gasteiger partial charge in [0.1, 0.15) is 12.7 Å². The van der Waals surface area contributed by atoms with Crippen molar-refractivity contribution in [2.75, 3.05) is 26.3 Å². The van der Waals surface area contributed by atoms with Crippen molar-refractivity contribution in [2.45, 2.75) is 226 Å². The molecule has 0 aromatic heterocycles. The molecule has 55 heavy (non-hydrogen) atoms. The molecule has 4 N–H and O–H groups in total. The maximum atomic E-state index is 12.8. The second-order valence-corrected chi connectivity index (χ2v) is 15.2. The first kappa shape index (κ1) is 52.8. The van der Waals surface area contributed by atoms with E-state index in [0.29, 0.717) is 25.9 Å². The van der Waals surface area contributed by atoms with Crippen LogP contribution in [0.25, 0.3) is 0 Å². The van der Waals surface area contributed by atoms with Gasteiger partial charge in [0, 0.05) is 12.8 Å². The van der Waals surface area contributed by atoms with Crippen molar-refractivity contribution < 1.29 is 28.6 Å². The Morgan fingerprint density at radius 2 is 0.891 bits per heavy atom. The summed E-state index contributed by atoms with van der Waals surface area (Å²) in [5.74, 6) is -1.67. The van der Waals surface area contributed by atoms with Crippen LogP contribution in [0.5, 0.6) is 0 Å². The van der Waals surface area contributed by atoms with Gasteiger partial charge in [-0.05, 0) is 77.3 Å². The summed E-state index contributed by atoms with van der Waals surface area (Å²) in [5, 5.41) is 6.56. The van der Waals surface area contributed by atoms with E-state index in [1.807, 2.05) is 13.8 Å². The van der Waals surface area contributed by atoms with Crippen LogP contribution in [-0.2, 0) is 28.6 Å². The number of carbonyl (C=O) groups excluding carboxylic acids is 3. The summed E-state index contributed by atoms with van der Waals surface area (Å²) in [7, 11) is 0. The first-order valence-corrected chi connectivity index (χ1v) is 22.9. The second kappa shape index (κ2) is 41.4. The Morgan fingerprint density at radius 3 is 1.29 bits per heavy atom. The van der Waals surface area contributed by atoms with Crippen molar-refractivity contribution in [3.05, 3.63) is 24.3 Å². The summed E-state index contributed by atoms with van der Waals surface area (Å²) in [6.07, 6.45) is 37.8. The first-order valence-electron chi connectivity index (χ1n) is 22.9. The number of esters is 2. The molecule has 322 valence electrons. The monoisotopic (exact) mass is 778 g/mol. The van der Waals surface area contributed by atoms with Crippen molar-refractivity contribution in [3.63, 3.8) is 0 Å². The van der Waals surface area contributed by atoms with Crippen molar-refractivity contribution in [1.82, 2.24) is 10.6 Å². The summed E-state index contributed by atoms with van der Waals surface area (Å²) in [6.45, 7) is 9.86. The Balaban J connectivity index is 4.55. The Kier molecular flexibility index (Phi) is 39.7. The summed E-state index contributed by atoms with van der Waals surface area (Å²) >= 11 is 0. The number of carbonyl (C=O) groups is 3. The van der Waals surface area contributed by atoms with Crippen LogP contribution < -0.4 is 16.4 Å². The van der Waals surface area contributed by atoms with Crippen LogP contribution in [-0.4, -0.2) is 62.5 Å². The molecule has 0 radical (unpaired) electrons. The molecule has 0 saturated carbocycles. The number of amides is 1. The highest BCUT2D eigenvalue weighted by Crippen LogP contribution is 2.14. The van der Waals surface area contributed by atoms with Gasteiger partial charge >= 0.3 is 11.9 Å². The van der Waals surface area contributed by atoms with Gasteiger partial charge < -0.3 is 30.6 Å². The SMILES string of the molecule is CCCCCCCC/C=C\CCCCCCCC(=O)OCC(OCC(NCC)NCC)C(OC(=O)CCCCCCC/C=C\CCCCCCCC)C(N)=O. The van der Waals surface area contributed by atoms with Gasteiger partial charge in [0.2, 0.25) is 6.10 Å². The lowest BCUT2D eigenvalue weighted by atomic mass is 10.1. The third-order valence-corrected chi connectivity index (χ3v) is 9.95. The molecule has 0 aromatic rings. The number of allylic oxidation sites excluding steroid dienone is 4. The maximum absolute atomic E-state index is 12.8. The smallest absolute Gasteiger partial charge is 0.306 e. The van der Waals surface area contributed by atoms with Crippen molar-refractivity contribution in [2.24, 2.45) is 5.73 Å². The highest BCUT2D eigenvalue weighted by Gasteiger charge is 2.33. The minimum atomic E-state index is -1.35. The van der Waals surface area contributed by atoms with Crippen LogP contribution in [0.4, 0.5) is 0 Å². The predicted octanol–water partition coefficient (Wildman–Crippen LogP) is 10.9. The lowest BCUT2D eigenvalue weighted by Crippen LogP contribution is -2.50. The summed E-state index contributed by atoms with van der Waals surface area (Å²) in [6, 6.07) is 0. The van der Waals surface area contributed by atoms with E-state index in [9.17, 15) is 14.4 Å². The minimum absolute atomic E-state index is 0.174. The Morgan fingerprint density at radius 1 is 0.509 bits per heavy atom. The highest BCUT2D eigenvalue weighted by atomic mass is 16.6. The molecular weight excluding hydrogens is 691 g/mol. The van der Waals surface area contributed by atoms with Crippen LogP contribution >= 0.6 is 0 Å². The van der Waals surface area contributed by atoms with E-state index in [0.717, 1.165) is 64.2 Å².